The molecule has 2 heterocycles. The number of nitrogens with zero attached hydrogens (tertiary/aromatic N) is 2. The Bertz CT molecular complexity index is 847. The standard InChI is InChI=1S/C20H25N3O/c1-13-16-11-14(12-21)10-15(6-7-20(2,3)4)18(16)23-9-5-8-22-19(24)17(13)23/h10-11H,5-9H2,1-4H3,(H,22,24). The minimum atomic E-state index is 0.00137. The fourth-order valence-corrected chi connectivity index (χ4v) is 3.55. The predicted molar refractivity (Wildman–Crippen MR) is 96.1 cm³/mol. The van der Waals surface area contributed by atoms with Gasteiger partial charge in [0.25, 0.3) is 5.91 Å². The van der Waals surface area contributed by atoms with Gasteiger partial charge in [0, 0.05) is 18.5 Å². The molecule has 1 aromatic heterocycles. The Morgan fingerprint density at radius 3 is 2.75 bits per heavy atom. The molecule has 4 nitrogen and oxygen atoms in total. The van der Waals surface area contributed by atoms with Crippen LogP contribution in [0.3, 0.4) is 0 Å². The summed E-state index contributed by atoms with van der Waals surface area (Å²) in [4.78, 5) is 12.5. The Morgan fingerprint density at radius 2 is 2.08 bits per heavy atom. The van der Waals surface area contributed by atoms with Crippen LogP contribution in [0.1, 0.15) is 60.8 Å². The molecular formula is C20H25N3O. The molecule has 1 amide bonds. The zero-order valence-electron chi connectivity index (χ0n) is 15.0. The van der Waals surface area contributed by atoms with Crippen LogP contribution in [0.5, 0.6) is 0 Å². The highest BCUT2D eigenvalue weighted by atomic mass is 16.2. The summed E-state index contributed by atoms with van der Waals surface area (Å²) in [5.74, 6) is 0.00137. The van der Waals surface area contributed by atoms with E-state index in [1.165, 1.54) is 5.56 Å². The van der Waals surface area contributed by atoms with E-state index >= 15 is 0 Å². The van der Waals surface area contributed by atoms with E-state index in [1.807, 2.05) is 19.1 Å². The van der Waals surface area contributed by atoms with E-state index in [-0.39, 0.29) is 11.3 Å². The van der Waals surface area contributed by atoms with E-state index in [1.54, 1.807) is 0 Å². The van der Waals surface area contributed by atoms with Crippen LogP contribution in [0, 0.1) is 23.7 Å². The molecule has 126 valence electrons. The van der Waals surface area contributed by atoms with Gasteiger partial charge in [-0.25, -0.2) is 0 Å². The van der Waals surface area contributed by atoms with Crippen LogP contribution in [-0.4, -0.2) is 17.0 Å². The second kappa shape index (κ2) is 5.98. The van der Waals surface area contributed by atoms with Crippen molar-refractivity contribution < 1.29 is 4.79 Å². The summed E-state index contributed by atoms with van der Waals surface area (Å²) >= 11 is 0. The topological polar surface area (TPSA) is 57.8 Å². The van der Waals surface area contributed by atoms with Gasteiger partial charge in [0.1, 0.15) is 5.69 Å². The van der Waals surface area contributed by atoms with Crippen molar-refractivity contribution in [2.45, 2.75) is 53.5 Å². The van der Waals surface area contributed by atoms with Crippen LogP contribution in [-0.2, 0) is 13.0 Å². The third-order valence-corrected chi connectivity index (χ3v) is 4.82. The zero-order valence-corrected chi connectivity index (χ0v) is 15.0. The van der Waals surface area contributed by atoms with Crippen molar-refractivity contribution in [3.05, 3.63) is 34.5 Å². The third-order valence-electron chi connectivity index (χ3n) is 4.82. The van der Waals surface area contributed by atoms with Gasteiger partial charge in [-0.2, -0.15) is 5.26 Å². The van der Waals surface area contributed by atoms with E-state index in [0.717, 1.165) is 54.5 Å². The lowest BCUT2D eigenvalue weighted by atomic mass is 9.88. The summed E-state index contributed by atoms with van der Waals surface area (Å²) in [6.45, 7) is 10.2. The molecule has 0 radical (unpaired) electrons. The van der Waals surface area contributed by atoms with Crippen molar-refractivity contribution in [2.75, 3.05) is 6.54 Å². The number of aryl methyl sites for hydroxylation is 3. The normalized spacial score (nSPS) is 14.9. The van der Waals surface area contributed by atoms with Gasteiger partial charge < -0.3 is 9.88 Å². The first kappa shape index (κ1) is 16.6. The summed E-state index contributed by atoms with van der Waals surface area (Å²) < 4.78 is 2.17. The summed E-state index contributed by atoms with van der Waals surface area (Å²) in [7, 11) is 0. The monoisotopic (exact) mass is 323 g/mol. The van der Waals surface area contributed by atoms with Crippen LogP contribution < -0.4 is 5.32 Å². The maximum atomic E-state index is 12.5. The molecule has 1 aliphatic heterocycles. The molecule has 0 aliphatic carbocycles. The minimum Gasteiger partial charge on any atom is -0.351 e. The average molecular weight is 323 g/mol. The fourth-order valence-electron chi connectivity index (χ4n) is 3.55. The number of hydrogen-bond donors (Lipinski definition) is 1. The van der Waals surface area contributed by atoms with Crippen LogP contribution in [0.2, 0.25) is 0 Å². The van der Waals surface area contributed by atoms with Gasteiger partial charge in [0.05, 0.1) is 17.1 Å². The lowest BCUT2D eigenvalue weighted by Crippen LogP contribution is -2.23. The number of carbonyl (C=O) groups excluding carboxylic acids is 1. The third kappa shape index (κ3) is 2.91. The number of nitrogens with one attached hydrogen (secondary N) is 1. The molecule has 24 heavy (non-hydrogen) atoms. The molecule has 1 aliphatic rings. The van der Waals surface area contributed by atoms with E-state index in [9.17, 15) is 10.1 Å². The number of rotatable bonds is 2. The smallest absolute Gasteiger partial charge is 0.268 e. The van der Waals surface area contributed by atoms with E-state index < -0.39 is 0 Å². The van der Waals surface area contributed by atoms with Gasteiger partial charge in [-0.05, 0) is 54.9 Å². The number of fused-ring (bicyclic) bond motifs is 3. The van der Waals surface area contributed by atoms with Crippen molar-refractivity contribution in [3.8, 4) is 6.07 Å². The first-order valence-corrected chi connectivity index (χ1v) is 8.66. The van der Waals surface area contributed by atoms with Gasteiger partial charge in [-0.15, -0.1) is 0 Å². The summed E-state index contributed by atoms with van der Waals surface area (Å²) in [6, 6.07) is 6.21. The Labute approximate surface area is 143 Å². The lowest BCUT2D eigenvalue weighted by molar-refractivity contribution is 0.0951. The molecule has 0 fully saturated rings. The SMILES string of the molecule is Cc1c2n(c3c(CCC(C)(C)C)cc(C#N)cc13)CCCNC2=O. The fraction of sp³-hybridized carbons (Fsp3) is 0.500. The molecule has 1 N–H and O–H groups in total. The second-order valence-corrected chi connectivity index (χ2v) is 7.94. The van der Waals surface area contributed by atoms with Gasteiger partial charge in [0.2, 0.25) is 0 Å². The van der Waals surface area contributed by atoms with Gasteiger partial charge in [-0.1, -0.05) is 20.8 Å². The first-order valence-electron chi connectivity index (χ1n) is 8.66. The summed E-state index contributed by atoms with van der Waals surface area (Å²) in [5, 5.41) is 13.4. The molecule has 1 aromatic carbocycles. The van der Waals surface area contributed by atoms with Gasteiger partial charge in [0.15, 0.2) is 0 Å². The van der Waals surface area contributed by atoms with Crippen molar-refractivity contribution in [2.24, 2.45) is 5.41 Å². The maximum absolute atomic E-state index is 12.5. The maximum Gasteiger partial charge on any atom is 0.268 e. The van der Waals surface area contributed by atoms with Crippen molar-refractivity contribution >= 4 is 16.8 Å². The molecule has 0 unspecified atom stereocenters. The molecule has 0 saturated carbocycles. The van der Waals surface area contributed by atoms with Gasteiger partial charge in [-0.3, -0.25) is 4.79 Å². The molecule has 0 spiro atoms. The molecule has 2 aromatic rings. The summed E-state index contributed by atoms with van der Waals surface area (Å²) in [5.41, 5.74) is 4.98. The van der Waals surface area contributed by atoms with Crippen LogP contribution >= 0.6 is 0 Å². The highest BCUT2D eigenvalue weighted by Gasteiger charge is 2.24. The van der Waals surface area contributed by atoms with E-state index in [4.69, 9.17) is 0 Å². The Hall–Kier alpha value is -2.28. The van der Waals surface area contributed by atoms with Crippen LogP contribution in [0.15, 0.2) is 12.1 Å². The lowest BCUT2D eigenvalue weighted by Gasteiger charge is -2.19. The Kier molecular flexibility index (Phi) is 4.13. The first-order chi connectivity index (χ1) is 11.3. The van der Waals surface area contributed by atoms with Crippen LogP contribution in [0.25, 0.3) is 10.9 Å². The highest BCUT2D eigenvalue weighted by Crippen LogP contribution is 2.33. The molecule has 0 bridgehead atoms. The largest absolute Gasteiger partial charge is 0.351 e. The molecular weight excluding hydrogens is 298 g/mol. The van der Waals surface area contributed by atoms with Crippen LogP contribution in [0.4, 0.5) is 0 Å². The number of aromatic nitrogens is 1. The van der Waals surface area contributed by atoms with Crippen molar-refractivity contribution in [1.82, 2.24) is 9.88 Å². The minimum absolute atomic E-state index is 0.00137. The summed E-state index contributed by atoms with van der Waals surface area (Å²) in [6.07, 6.45) is 2.89. The number of carbonyl (C=O) groups is 1. The highest BCUT2D eigenvalue weighted by molar-refractivity contribution is 6.03. The van der Waals surface area contributed by atoms with E-state index in [2.05, 4.69) is 36.7 Å². The molecule has 0 atom stereocenters. The molecule has 0 saturated heterocycles. The number of amides is 1. The Balaban J connectivity index is 2.24. The van der Waals surface area contributed by atoms with Gasteiger partial charge >= 0.3 is 0 Å². The predicted octanol–water partition coefficient (Wildman–Crippen LogP) is 3.93. The number of hydrogen-bond acceptors (Lipinski definition) is 2. The quantitative estimate of drug-likeness (QED) is 0.910. The zero-order chi connectivity index (χ0) is 17.5. The number of nitriles is 1. The average Bonchev–Trinajstić information content (AvgIpc) is 2.67. The second-order valence-electron chi connectivity index (χ2n) is 7.94. The number of benzene rings is 1. The van der Waals surface area contributed by atoms with E-state index in [0.29, 0.717) is 5.56 Å². The molecule has 3 rings (SSSR count). The molecule has 4 heteroatoms. The van der Waals surface area contributed by atoms with Crippen molar-refractivity contribution in [3.63, 3.8) is 0 Å². The Morgan fingerprint density at radius 1 is 1.33 bits per heavy atom. The van der Waals surface area contributed by atoms with Crippen molar-refractivity contribution in [1.29, 1.82) is 5.26 Å².